The number of hydrogen-bond acceptors (Lipinski definition) is 4. The first-order chi connectivity index (χ1) is 9.57. The third-order valence-corrected chi connectivity index (χ3v) is 4.20. The number of likely N-dealkylation sites (tertiary alicyclic amines) is 1. The first-order valence-corrected chi connectivity index (χ1v) is 9.02. The number of ether oxygens (including phenoxy) is 1. The molecule has 0 saturated carbocycles. The van der Waals surface area contributed by atoms with E-state index in [-0.39, 0.29) is 6.09 Å². The molecule has 1 fully saturated rings. The quantitative estimate of drug-likeness (QED) is 0.576. The van der Waals surface area contributed by atoms with E-state index in [1.54, 1.807) is 4.90 Å². The zero-order chi connectivity index (χ0) is 16.1. The Balaban J connectivity index is 2.33. The van der Waals surface area contributed by atoms with Crippen molar-refractivity contribution in [1.29, 1.82) is 0 Å². The molecule has 5 nitrogen and oxygen atoms in total. The Bertz CT molecular complexity index is 444. The van der Waals surface area contributed by atoms with Gasteiger partial charge in [0.1, 0.15) is 5.60 Å². The van der Waals surface area contributed by atoms with Crippen molar-refractivity contribution >= 4 is 16.3 Å². The Morgan fingerprint density at radius 2 is 2.00 bits per heavy atom. The normalized spacial score (nSPS) is 20.4. The molecular formula is C14H26FNO4S. The fraction of sp³-hybridized carbons (Fsp3) is 0.929. The largest absolute Gasteiger partial charge is 0.444 e. The van der Waals surface area contributed by atoms with Crippen LogP contribution in [0.1, 0.15) is 52.9 Å². The lowest BCUT2D eigenvalue weighted by Gasteiger charge is -2.34. The average molecular weight is 323 g/mol. The topological polar surface area (TPSA) is 63.7 Å². The molecule has 1 saturated heterocycles. The van der Waals surface area contributed by atoms with Crippen LogP contribution in [0, 0.1) is 5.92 Å². The fourth-order valence-corrected chi connectivity index (χ4v) is 3.05. The van der Waals surface area contributed by atoms with E-state index in [9.17, 15) is 17.1 Å². The van der Waals surface area contributed by atoms with Crippen LogP contribution < -0.4 is 0 Å². The minimum Gasteiger partial charge on any atom is -0.444 e. The number of amides is 1. The van der Waals surface area contributed by atoms with Gasteiger partial charge in [-0.15, -0.1) is 3.89 Å². The summed E-state index contributed by atoms with van der Waals surface area (Å²) in [6.07, 6.45) is 3.46. The van der Waals surface area contributed by atoms with Crippen LogP contribution in [0.25, 0.3) is 0 Å². The molecule has 0 aliphatic carbocycles. The second-order valence-electron chi connectivity index (χ2n) is 6.67. The molecule has 0 aromatic rings. The fourth-order valence-electron chi connectivity index (χ4n) is 2.50. The van der Waals surface area contributed by atoms with Gasteiger partial charge < -0.3 is 9.64 Å². The van der Waals surface area contributed by atoms with Crippen molar-refractivity contribution in [2.24, 2.45) is 5.92 Å². The Hall–Kier alpha value is -0.850. The number of carbonyl (C=O) groups excluding carboxylic acids is 1. The summed E-state index contributed by atoms with van der Waals surface area (Å²) in [7, 11) is -4.36. The van der Waals surface area contributed by atoms with E-state index in [4.69, 9.17) is 4.74 Å². The van der Waals surface area contributed by atoms with Gasteiger partial charge in [0.05, 0.1) is 5.75 Å². The van der Waals surface area contributed by atoms with Gasteiger partial charge in [-0.2, -0.15) is 8.42 Å². The molecule has 0 N–H and O–H groups in total. The maximum absolute atomic E-state index is 12.4. The first-order valence-electron chi connectivity index (χ1n) is 7.47. The molecule has 124 valence electrons. The zero-order valence-electron chi connectivity index (χ0n) is 13.1. The summed E-state index contributed by atoms with van der Waals surface area (Å²) in [4.78, 5) is 13.7. The van der Waals surface area contributed by atoms with E-state index < -0.39 is 21.6 Å². The summed E-state index contributed by atoms with van der Waals surface area (Å²) in [5.74, 6) is -0.0660. The second kappa shape index (κ2) is 7.42. The SMILES string of the molecule is CC(C)(C)OC(=O)N1CCCC(CCCCS(=O)(=O)F)C1. The molecule has 1 aliphatic heterocycles. The molecule has 1 unspecified atom stereocenters. The molecule has 0 radical (unpaired) electrons. The molecule has 1 heterocycles. The minimum absolute atomic E-state index is 0.293. The molecular weight excluding hydrogens is 297 g/mol. The highest BCUT2D eigenvalue weighted by Gasteiger charge is 2.27. The highest BCUT2D eigenvalue weighted by atomic mass is 32.3. The second-order valence-corrected chi connectivity index (χ2v) is 8.16. The van der Waals surface area contributed by atoms with Crippen molar-refractivity contribution in [3.05, 3.63) is 0 Å². The monoisotopic (exact) mass is 323 g/mol. The third-order valence-electron chi connectivity index (χ3n) is 3.42. The summed E-state index contributed by atoms with van der Waals surface area (Å²) >= 11 is 0. The first kappa shape index (κ1) is 18.2. The lowest BCUT2D eigenvalue weighted by Crippen LogP contribution is -2.42. The number of hydrogen-bond donors (Lipinski definition) is 0. The standard InChI is InChI=1S/C14H26FNO4S/c1-14(2,3)20-13(17)16-9-6-8-12(11-16)7-4-5-10-21(15,18)19/h12H,4-11H2,1-3H3. The van der Waals surface area contributed by atoms with Gasteiger partial charge in [0, 0.05) is 13.1 Å². The number of unbranched alkanes of at least 4 members (excludes halogenated alkanes) is 1. The molecule has 0 aromatic heterocycles. The average Bonchev–Trinajstić information content (AvgIpc) is 2.32. The molecule has 1 aliphatic rings. The van der Waals surface area contributed by atoms with Crippen molar-refractivity contribution in [1.82, 2.24) is 4.90 Å². The predicted octanol–water partition coefficient (Wildman–Crippen LogP) is 3.10. The molecule has 7 heteroatoms. The molecule has 0 spiro atoms. The van der Waals surface area contributed by atoms with Crippen LogP contribution in [0.15, 0.2) is 0 Å². The smallest absolute Gasteiger partial charge is 0.410 e. The summed E-state index contributed by atoms with van der Waals surface area (Å²) < 4.78 is 38.6. The van der Waals surface area contributed by atoms with Crippen LogP contribution in [0.2, 0.25) is 0 Å². The predicted molar refractivity (Wildman–Crippen MR) is 79.3 cm³/mol. The number of carbonyl (C=O) groups is 1. The molecule has 1 atom stereocenters. The van der Waals surface area contributed by atoms with E-state index in [0.29, 0.717) is 31.8 Å². The number of halogens is 1. The maximum Gasteiger partial charge on any atom is 0.410 e. The van der Waals surface area contributed by atoms with Crippen molar-refractivity contribution in [2.45, 2.75) is 58.5 Å². The van der Waals surface area contributed by atoms with Gasteiger partial charge in [0.2, 0.25) is 0 Å². The zero-order valence-corrected chi connectivity index (χ0v) is 13.9. The molecule has 0 bridgehead atoms. The van der Waals surface area contributed by atoms with Crippen molar-refractivity contribution < 1.29 is 21.8 Å². The van der Waals surface area contributed by atoms with Crippen LogP contribution >= 0.6 is 0 Å². The maximum atomic E-state index is 12.4. The summed E-state index contributed by atoms with van der Waals surface area (Å²) in [6.45, 7) is 6.85. The van der Waals surface area contributed by atoms with Crippen LogP contribution in [0.4, 0.5) is 8.68 Å². The third kappa shape index (κ3) is 8.24. The van der Waals surface area contributed by atoms with E-state index >= 15 is 0 Å². The summed E-state index contributed by atoms with van der Waals surface area (Å²) in [6, 6.07) is 0. The summed E-state index contributed by atoms with van der Waals surface area (Å²) in [5.41, 5.74) is -0.500. The van der Waals surface area contributed by atoms with Gasteiger partial charge in [-0.3, -0.25) is 0 Å². The van der Waals surface area contributed by atoms with Crippen molar-refractivity contribution in [3.63, 3.8) is 0 Å². The Kier molecular flexibility index (Phi) is 6.43. The lowest BCUT2D eigenvalue weighted by molar-refractivity contribution is 0.0161. The lowest BCUT2D eigenvalue weighted by atomic mass is 9.93. The van der Waals surface area contributed by atoms with E-state index in [2.05, 4.69) is 0 Å². The van der Waals surface area contributed by atoms with Crippen LogP contribution in [0.3, 0.4) is 0 Å². The van der Waals surface area contributed by atoms with Gasteiger partial charge in [-0.25, -0.2) is 4.79 Å². The van der Waals surface area contributed by atoms with Gasteiger partial charge in [0.15, 0.2) is 0 Å². The molecule has 0 aromatic carbocycles. The van der Waals surface area contributed by atoms with Gasteiger partial charge in [-0.05, 0) is 52.4 Å². The highest BCUT2D eigenvalue weighted by Crippen LogP contribution is 2.23. The van der Waals surface area contributed by atoms with E-state index in [1.807, 2.05) is 20.8 Å². The van der Waals surface area contributed by atoms with Gasteiger partial charge >= 0.3 is 16.3 Å². The Labute approximate surface area is 127 Å². The van der Waals surface area contributed by atoms with Crippen molar-refractivity contribution in [2.75, 3.05) is 18.8 Å². The number of piperidine rings is 1. The van der Waals surface area contributed by atoms with E-state index in [1.165, 1.54) is 0 Å². The van der Waals surface area contributed by atoms with Gasteiger partial charge in [0.25, 0.3) is 0 Å². The Morgan fingerprint density at radius 3 is 2.57 bits per heavy atom. The Morgan fingerprint density at radius 1 is 1.33 bits per heavy atom. The van der Waals surface area contributed by atoms with Crippen molar-refractivity contribution in [3.8, 4) is 0 Å². The summed E-state index contributed by atoms with van der Waals surface area (Å²) in [5, 5.41) is 0. The minimum atomic E-state index is -4.36. The molecule has 1 amide bonds. The highest BCUT2D eigenvalue weighted by molar-refractivity contribution is 7.86. The van der Waals surface area contributed by atoms with Gasteiger partial charge in [-0.1, -0.05) is 6.42 Å². The van der Waals surface area contributed by atoms with Crippen LogP contribution in [0.5, 0.6) is 0 Å². The molecule has 21 heavy (non-hydrogen) atoms. The molecule has 1 rings (SSSR count). The number of rotatable bonds is 5. The van der Waals surface area contributed by atoms with E-state index in [0.717, 1.165) is 19.3 Å². The van der Waals surface area contributed by atoms with Crippen LogP contribution in [-0.2, 0) is 15.0 Å². The number of nitrogens with zero attached hydrogens (tertiary/aromatic N) is 1. The van der Waals surface area contributed by atoms with Crippen LogP contribution in [-0.4, -0.2) is 43.9 Å².